The molecule has 0 saturated carbocycles. The van der Waals surface area contributed by atoms with Crippen molar-refractivity contribution < 1.29 is 10.2 Å². The summed E-state index contributed by atoms with van der Waals surface area (Å²) < 4.78 is 6.97. The summed E-state index contributed by atoms with van der Waals surface area (Å²) in [5.41, 5.74) is 2.86. The van der Waals surface area contributed by atoms with Crippen molar-refractivity contribution in [3.05, 3.63) is 108 Å². The van der Waals surface area contributed by atoms with E-state index in [0.717, 1.165) is 42.7 Å². The largest absolute Gasteiger partial charge is 0.412 e. The number of hydrogen-bond donors (Lipinski definition) is 0. The van der Waals surface area contributed by atoms with Crippen LogP contribution in [0.4, 0.5) is 0 Å². The van der Waals surface area contributed by atoms with Crippen LogP contribution in [-0.4, -0.2) is 42.0 Å². The van der Waals surface area contributed by atoms with Crippen molar-refractivity contribution in [1.29, 1.82) is 0 Å². The third-order valence-corrected chi connectivity index (χ3v) is 5.68. The van der Waals surface area contributed by atoms with E-state index in [9.17, 15) is 0 Å². The molecule has 0 radical (unpaired) electrons. The van der Waals surface area contributed by atoms with Gasteiger partial charge >= 0.3 is 0 Å². The quantitative estimate of drug-likeness (QED) is 0.406. The number of nitrogens with zero attached hydrogens (tertiary/aromatic N) is 1. The highest BCUT2D eigenvalue weighted by Gasteiger charge is 2.42. The van der Waals surface area contributed by atoms with Gasteiger partial charge in [-0.1, -0.05) is 91.0 Å². The molecule has 3 aromatic carbocycles. The average molecular weight is 410 g/mol. The molecule has 2 N–H and O–H groups in total. The van der Waals surface area contributed by atoms with Gasteiger partial charge in [0.15, 0.2) is 0 Å². The molecule has 0 bridgehead atoms. The molecule has 4 heteroatoms. The van der Waals surface area contributed by atoms with Gasteiger partial charge in [0.1, 0.15) is 5.60 Å². The fraction of sp³-hybridized carbons (Fsp3) is 0.280. The van der Waals surface area contributed by atoms with Gasteiger partial charge < -0.3 is 10.2 Å². The van der Waals surface area contributed by atoms with Crippen LogP contribution in [0.5, 0.6) is 0 Å². The van der Waals surface area contributed by atoms with E-state index < -0.39 is 5.60 Å². The first-order valence-electron chi connectivity index (χ1n) is 9.95. The molecule has 0 aliphatic carbocycles. The van der Waals surface area contributed by atoms with Gasteiger partial charge in [-0.05, 0) is 29.7 Å². The predicted molar refractivity (Wildman–Crippen MR) is 119 cm³/mol. The van der Waals surface area contributed by atoms with Crippen molar-refractivity contribution >= 4 is 11.6 Å². The van der Waals surface area contributed by atoms with Crippen LogP contribution in [0.25, 0.3) is 0 Å². The lowest BCUT2D eigenvalue weighted by molar-refractivity contribution is -0.116. The summed E-state index contributed by atoms with van der Waals surface area (Å²) in [6.07, 6.45) is 1.21. The van der Waals surface area contributed by atoms with Crippen LogP contribution in [-0.2, 0) is 10.3 Å². The molecular weight excluding hydrogens is 382 g/mol. The van der Waals surface area contributed by atoms with E-state index in [1.54, 1.807) is 0 Å². The molecule has 152 valence electrons. The Bertz CT molecular complexity index is 755. The Morgan fingerprint density at radius 1 is 0.759 bits per heavy atom. The molecule has 1 fully saturated rings. The second-order valence-electron chi connectivity index (χ2n) is 7.32. The highest BCUT2D eigenvalue weighted by atomic mass is 35.5. The number of likely N-dealkylation sites (tertiary alicyclic amines) is 1. The first-order valence-corrected chi connectivity index (χ1v) is 10.5. The number of benzene rings is 3. The van der Waals surface area contributed by atoms with Crippen molar-refractivity contribution in [2.24, 2.45) is 0 Å². The second-order valence-corrected chi connectivity index (χ2v) is 7.70. The first kappa shape index (κ1) is 21.5. The van der Waals surface area contributed by atoms with Crippen LogP contribution in [0.2, 0.25) is 0 Å². The maximum Gasteiger partial charge on any atom is 0.144 e. The van der Waals surface area contributed by atoms with E-state index in [4.69, 9.17) is 16.3 Å². The Morgan fingerprint density at radius 2 is 1.17 bits per heavy atom. The predicted octanol–water partition coefficient (Wildman–Crippen LogP) is 4.48. The first-order chi connectivity index (χ1) is 13.8. The summed E-state index contributed by atoms with van der Waals surface area (Å²) in [4.78, 5) is 2.42. The summed E-state index contributed by atoms with van der Waals surface area (Å²) >= 11 is 5.85. The topological polar surface area (TPSA) is 44.0 Å². The third-order valence-electron chi connectivity index (χ3n) is 5.42. The monoisotopic (exact) mass is 409 g/mol. The number of ether oxygens (including phenoxy) is 1. The smallest absolute Gasteiger partial charge is 0.144 e. The lowest BCUT2D eigenvalue weighted by atomic mass is 9.79. The Balaban J connectivity index is 0.00000240. The van der Waals surface area contributed by atoms with E-state index in [2.05, 4.69) is 95.9 Å². The van der Waals surface area contributed by atoms with E-state index in [0.29, 0.717) is 5.88 Å². The number of rotatable bonds is 8. The number of alkyl halides is 1. The Hall–Kier alpha value is -2.17. The molecule has 0 amide bonds. The molecule has 29 heavy (non-hydrogen) atoms. The highest BCUT2D eigenvalue weighted by Crippen LogP contribution is 2.42. The molecule has 0 unspecified atom stereocenters. The Labute approximate surface area is 178 Å². The van der Waals surface area contributed by atoms with Crippen LogP contribution in [0.3, 0.4) is 0 Å². The molecule has 1 saturated heterocycles. The summed E-state index contributed by atoms with van der Waals surface area (Å²) in [6, 6.07) is 31.7. The van der Waals surface area contributed by atoms with Crippen LogP contribution in [0.15, 0.2) is 91.0 Å². The second kappa shape index (κ2) is 10.0. The van der Waals surface area contributed by atoms with Gasteiger partial charge in [-0.15, -0.1) is 11.6 Å². The minimum atomic E-state index is -0.618. The molecule has 0 spiro atoms. The lowest BCUT2D eigenvalue weighted by Gasteiger charge is -2.46. The molecule has 0 aromatic heterocycles. The standard InChI is InChI=1S/C25H26ClNO.H2O/c26-17-10-18-27-19-24(20-27)28-25(21-11-4-1-5-12-21,22-13-6-2-7-14-22)23-15-8-3-9-16-23;/h1-9,11-16,24H,10,17-20H2;1H2. The van der Waals surface area contributed by atoms with E-state index in [1.165, 1.54) is 0 Å². The molecule has 1 aliphatic rings. The summed E-state index contributed by atoms with van der Waals surface area (Å²) in [5.74, 6) is 0.712. The molecule has 1 aliphatic heterocycles. The minimum absolute atomic E-state index is 0. The van der Waals surface area contributed by atoms with E-state index >= 15 is 0 Å². The molecule has 0 atom stereocenters. The van der Waals surface area contributed by atoms with Gasteiger partial charge in [-0.25, -0.2) is 0 Å². The van der Waals surface area contributed by atoms with Crippen LogP contribution in [0.1, 0.15) is 23.1 Å². The van der Waals surface area contributed by atoms with Crippen LogP contribution < -0.4 is 0 Å². The van der Waals surface area contributed by atoms with Gasteiger partial charge in [-0.3, -0.25) is 4.90 Å². The Morgan fingerprint density at radius 3 is 1.55 bits per heavy atom. The van der Waals surface area contributed by atoms with Gasteiger partial charge in [-0.2, -0.15) is 0 Å². The molecule has 4 rings (SSSR count). The highest BCUT2D eigenvalue weighted by molar-refractivity contribution is 6.17. The SMILES string of the molecule is ClCCCN1CC(OC(c2ccccc2)(c2ccccc2)c2ccccc2)C1.O. The van der Waals surface area contributed by atoms with E-state index in [1.807, 2.05) is 0 Å². The van der Waals surface area contributed by atoms with Gasteiger partial charge in [0, 0.05) is 19.0 Å². The summed E-state index contributed by atoms with van der Waals surface area (Å²) in [5, 5.41) is 0. The molecule has 3 nitrogen and oxygen atoms in total. The average Bonchev–Trinajstić information content (AvgIpc) is 2.74. The van der Waals surface area contributed by atoms with Gasteiger partial charge in [0.05, 0.1) is 6.10 Å². The van der Waals surface area contributed by atoms with Gasteiger partial charge in [0.2, 0.25) is 0 Å². The fourth-order valence-electron chi connectivity index (χ4n) is 4.04. The van der Waals surface area contributed by atoms with Crippen LogP contribution >= 0.6 is 11.6 Å². The molecule has 3 aromatic rings. The summed E-state index contributed by atoms with van der Waals surface area (Å²) in [6.45, 7) is 2.94. The third kappa shape index (κ3) is 4.54. The van der Waals surface area contributed by atoms with Crippen LogP contribution in [0, 0.1) is 0 Å². The molecule has 1 heterocycles. The minimum Gasteiger partial charge on any atom is -0.412 e. The zero-order chi connectivity index (χ0) is 19.2. The molecular formula is C25H28ClNO2. The zero-order valence-electron chi connectivity index (χ0n) is 16.5. The van der Waals surface area contributed by atoms with E-state index in [-0.39, 0.29) is 11.6 Å². The maximum absolute atomic E-state index is 6.97. The number of halogens is 1. The Kier molecular flexibility index (Phi) is 7.45. The fourth-order valence-corrected chi connectivity index (χ4v) is 4.16. The maximum atomic E-state index is 6.97. The zero-order valence-corrected chi connectivity index (χ0v) is 17.3. The van der Waals surface area contributed by atoms with Crippen molar-refractivity contribution in [2.75, 3.05) is 25.5 Å². The normalized spacial score (nSPS) is 14.8. The van der Waals surface area contributed by atoms with Crippen molar-refractivity contribution in [3.8, 4) is 0 Å². The van der Waals surface area contributed by atoms with Crippen molar-refractivity contribution in [1.82, 2.24) is 4.90 Å². The number of hydrogen-bond acceptors (Lipinski definition) is 2. The van der Waals surface area contributed by atoms with Gasteiger partial charge in [0.25, 0.3) is 0 Å². The van der Waals surface area contributed by atoms with Crippen molar-refractivity contribution in [3.63, 3.8) is 0 Å². The van der Waals surface area contributed by atoms with Crippen molar-refractivity contribution in [2.45, 2.75) is 18.1 Å². The lowest BCUT2D eigenvalue weighted by Crippen LogP contribution is -2.55. The summed E-state index contributed by atoms with van der Waals surface area (Å²) in [7, 11) is 0.